The van der Waals surface area contributed by atoms with Crippen molar-refractivity contribution >= 4 is 12.6 Å². The van der Waals surface area contributed by atoms with E-state index < -0.39 is 0 Å². The first kappa shape index (κ1) is 13.4. The molecule has 108 valence electrons. The average Bonchev–Trinajstić information content (AvgIpc) is 2.53. The number of rotatable bonds is 2. The molecule has 0 unspecified atom stereocenters. The van der Waals surface area contributed by atoms with Gasteiger partial charge in [-0.05, 0) is 41.1 Å². The molecule has 0 N–H and O–H groups in total. The van der Waals surface area contributed by atoms with Crippen LogP contribution in [0.25, 0.3) is 11.3 Å². The molecule has 1 nitrogen and oxygen atoms in total. The van der Waals surface area contributed by atoms with Gasteiger partial charge in [0.15, 0.2) is 0 Å². The Hall–Kier alpha value is -1.28. The Morgan fingerprint density at radius 3 is 2.57 bits per heavy atom. The molecular formula is C19H21NS. The van der Waals surface area contributed by atoms with E-state index in [9.17, 15) is 0 Å². The van der Waals surface area contributed by atoms with Crippen molar-refractivity contribution in [3.8, 4) is 11.3 Å². The molecule has 0 spiro atoms. The first-order valence-corrected chi connectivity index (χ1v) is 8.43. The summed E-state index contributed by atoms with van der Waals surface area (Å²) in [6.07, 6.45) is 1.32. The summed E-state index contributed by atoms with van der Waals surface area (Å²) in [5.74, 6) is 2.84. The van der Waals surface area contributed by atoms with Crippen LogP contribution in [0.5, 0.6) is 0 Å². The normalized spacial score (nSPS) is 28.6. The molecule has 3 aliphatic carbocycles. The van der Waals surface area contributed by atoms with Crippen molar-refractivity contribution in [2.24, 2.45) is 11.3 Å². The summed E-state index contributed by atoms with van der Waals surface area (Å²) in [6.45, 7) is 4.83. The van der Waals surface area contributed by atoms with E-state index in [0.29, 0.717) is 17.3 Å². The fraction of sp³-hybridized carbons (Fsp3) is 0.421. The molecule has 2 bridgehead atoms. The number of aromatic nitrogens is 1. The number of benzene rings is 1. The molecule has 0 saturated heterocycles. The lowest BCUT2D eigenvalue weighted by molar-refractivity contribution is -0.00139. The highest BCUT2D eigenvalue weighted by Gasteiger charge is 2.56. The molecule has 5 rings (SSSR count). The largest absolute Gasteiger partial charge is 0.252 e. The monoisotopic (exact) mass is 295 g/mol. The third-order valence-corrected chi connectivity index (χ3v) is 6.17. The van der Waals surface area contributed by atoms with Crippen molar-refractivity contribution < 1.29 is 0 Å². The second-order valence-electron chi connectivity index (χ2n) is 7.04. The van der Waals surface area contributed by atoms with Gasteiger partial charge in [0.1, 0.15) is 0 Å². The average molecular weight is 295 g/mol. The maximum absolute atomic E-state index is 5.03. The first-order valence-electron chi connectivity index (χ1n) is 7.80. The summed E-state index contributed by atoms with van der Waals surface area (Å²) in [6, 6.07) is 15.0. The van der Waals surface area contributed by atoms with E-state index in [1.165, 1.54) is 23.2 Å². The van der Waals surface area contributed by atoms with Gasteiger partial charge in [-0.3, -0.25) is 4.98 Å². The zero-order valence-electron chi connectivity index (χ0n) is 12.6. The van der Waals surface area contributed by atoms with Crippen molar-refractivity contribution in [1.82, 2.24) is 4.98 Å². The van der Waals surface area contributed by atoms with E-state index in [-0.39, 0.29) is 0 Å². The summed E-state index contributed by atoms with van der Waals surface area (Å²) < 4.78 is 0. The fourth-order valence-electron chi connectivity index (χ4n) is 4.42. The molecule has 21 heavy (non-hydrogen) atoms. The number of thiol groups is 1. The summed E-state index contributed by atoms with van der Waals surface area (Å²) >= 11 is 4.63. The summed E-state index contributed by atoms with van der Waals surface area (Å²) in [7, 11) is 0. The Morgan fingerprint density at radius 2 is 1.90 bits per heavy atom. The Kier molecular flexibility index (Phi) is 2.94. The Balaban J connectivity index is 1.83. The highest BCUT2D eigenvalue weighted by molar-refractivity contribution is 7.80. The van der Waals surface area contributed by atoms with Crippen LogP contribution in [0.2, 0.25) is 0 Å². The molecule has 1 heterocycles. The van der Waals surface area contributed by atoms with Gasteiger partial charge in [-0.25, -0.2) is 0 Å². The van der Waals surface area contributed by atoms with Gasteiger partial charge in [-0.1, -0.05) is 50.2 Å². The molecule has 1 fully saturated rings. The van der Waals surface area contributed by atoms with Crippen molar-refractivity contribution in [3.05, 3.63) is 53.7 Å². The van der Waals surface area contributed by atoms with Gasteiger partial charge < -0.3 is 0 Å². The molecule has 2 heteroatoms. The van der Waals surface area contributed by atoms with Gasteiger partial charge in [0, 0.05) is 17.2 Å². The fourth-order valence-corrected chi connectivity index (χ4v) is 4.85. The van der Waals surface area contributed by atoms with Crippen LogP contribution in [0.1, 0.15) is 43.4 Å². The minimum absolute atomic E-state index is 0.413. The second kappa shape index (κ2) is 4.61. The molecule has 1 aromatic heterocycles. The lowest BCUT2D eigenvalue weighted by Gasteiger charge is -2.60. The number of pyridine rings is 1. The predicted octanol–water partition coefficient (Wildman–Crippen LogP) is 4.91. The maximum Gasteiger partial charge on any atom is 0.0705 e. The standard InChI is InChI=1S/C19H21NS/c1-19(2)15-10-16(19)14(11-21)18-13(15)8-9-17(20-18)12-6-4-3-5-7-12/h3-9,14-16,21H,10-11H2,1-2H3/t14-,15+,16-/m0/s1. The zero-order valence-corrected chi connectivity index (χ0v) is 13.5. The van der Waals surface area contributed by atoms with Crippen molar-refractivity contribution in [2.75, 3.05) is 5.75 Å². The van der Waals surface area contributed by atoms with Gasteiger partial charge in [0.25, 0.3) is 0 Å². The molecule has 0 radical (unpaired) electrons. The molecular weight excluding hydrogens is 274 g/mol. The lowest BCUT2D eigenvalue weighted by Crippen LogP contribution is -2.51. The Labute approximate surface area is 132 Å². The number of hydrogen-bond donors (Lipinski definition) is 1. The van der Waals surface area contributed by atoms with Gasteiger partial charge in [0.05, 0.1) is 5.69 Å². The molecule has 1 saturated carbocycles. The van der Waals surface area contributed by atoms with E-state index in [1.54, 1.807) is 0 Å². The van der Waals surface area contributed by atoms with E-state index in [0.717, 1.165) is 17.4 Å². The molecule has 3 atom stereocenters. The zero-order chi connectivity index (χ0) is 14.6. The smallest absolute Gasteiger partial charge is 0.0705 e. The number of hydrogen-bond acceptors (Lipinski definition) is 2. The second-order valence-corrected chi connectivity index (χ2v) is 7.41. The van der Waals surface area contributed by atoms with Crippen molar-refractivity contribution in [1.29, 1.82) is 0 Å². The SMILES string of the molecule is CC1(C)[C@@H]2C[C@H]1[C@H](CS)c1nc(-c3ccccc3)ccc12. The van der Waals surface area contributed by atoms with Crippen LogP contribution in [0.4, 0.5) is 0 Å². The topological polar surface area (TPSA) is 12.9 Å². The van der Waals surface area contributed by atoms with Crippen LogP contribution in [0.3, 0.4) is 0 Å². The van der Waals surface area contributed by atoms with E-state index in [4.69, 9.17) is 4.98 Å². The lowest BCUT2D eigenvalue weighted by atomic mass is 9.45. The van der Waals surface area contributed by atoms with Crippen LogP contribution < -0.4 is 0 Å². The van der Waals surface area contributed by atoms with Gasteiger partial charge in [0.2, 0.25) is 0 Å². The van der Waals surface area contributed by atoms with E-state index in [1.807, 2.05) is 0 Å². The highest BCUT2D eigenvalue weighted by Crippen LogP contribution is 2.66. The molecule has 3 aliphatic rings. The van der Waals surface area contributed by atoms with Crippen LogP contribution in [-0.2, 0) is 0 Å². The minimum atomic E-state index is 0.413. The quantitative estimate of drug-likeness (QED) is 0.777. The Bertz CT molecular complexity index is 677. The van der Waals surface area contributed by atoms with Crippen molar-refractivity contribution in [3.63, 3.8) is 0 Å². The third kappa shape index (κ3) is 1.81. The predicted molar refractivity (Wildman–Crippen MR) is 90.9 cm³/mol. The summed E-state index contributed by atoms with van der Waals surface area (Å²) in [4.78, 5) is 5.03. The van der Waals surface area contributed by atoms with Crippen LogP contribution >= 0.6 is 12.6 Å². The van der Waals surface area contributed by atoms with Crippen LogP contribution in [0.15, 0.2) is 42.5 Å². The first-order chi connectivity index (χ1) is 10.1. The van der Waals surface area contributed by atoms with Crippen LogP contribution in [-0.4, -0.2) is 10.7 Å². The van der Waals surface area contributed by atoms with Gasteiger partial charge >= 0.3 is 0 Å². The molecule has 0 amide bonds. The summed E-state index contributed by atoms with van der Waals surface area (Å²) in [5.41, 5.74) is 5.50. The van der Waals surface area contributed by atoms with Gasteiger partial charge in [-0.15, -0.1) is 0 Å². The Morgan fingerprint density at radius 1 is 1.14 bits per heavy atom. The van der Waals surface area contributed by atoms with Gasteiger partial charge in [-0.2, -0.15) is 12.6 Å². The third-order valence-electron chi connectivity index (χ3n) is 5.78. The minimum Gasteiger partial charge on any atom is -0.252 e. The molecule has 2 aromatic rings. The molecule has 1 aromatic carbocycles. The maximum atomic E-state index is 5.03. The number of nitrogens with zero attached hydrogens (tertiary/aromatic N) is 1. The highest BCUT2D eigenvalue weighted by atomic mass is 32.1. The summed E-state index contributed by atoms with van der Waals surface area (Å²) in [5, 5.41) is 0. The van der Waals surface area contributed by atoms with E-state index >= 15 is 0 Å². The van der Waals surface area contributed by atoms with Crippen molar-refractivity contribution in [2.45, 2.75) is 32.1 Å². The van der Waals surface area contributed by atoms with Crippen LogP contribution in [0, 0.1) is 11.3 Å². The molecule has 0 aliphatic heterocycles. The van der Waals surface area contributed by atoms with E-state index in [2.05, 4.69) is 68.9 Å².